The van der Waals surface area contributed by atoms with Gasteiger partial charge in [0.15, 0.2) is 0 Å². The summed E-state index contributed by atoms with van der Waals surface area (Å²) in [5, 5.41) is 6.01. The van der Waals surface area contributed by atoms with Gasteiger partial charge in [-0.1, -0.05) is 11.6 Å². The molecule has 30 heavy (non-hydrogen) atoms. The number of benzene rings is 2. The van der Waals surface area contributed by atoms with Crippen LogP contribution in [0.2, 0.25) is 5.02 Å². The Labute approximate surface area is 181 Å². The third-order valence-corrected chi connectivity index (χ3v) is 5.16. The minimum absolute atomic E-state index is 0.427. The van der Waals surface area contributed by atoms with E-state index in [0.29, 0.717) is 25.4 Å². The van der Waals surface area contributed by atoms with Crippen molar-refractivity contribution in [1.29, 1.82) is 0 Å². The standard InChI is InChI=1S/C22H27ClN4O3/c1-2-30-20-9-5-18(6-10-20)25-22(29)21(28)24-11-12-26-13-15-27(16-14-26)19-7-3-17(23)4-8-19/h3-10H,2,11-16H2,1H3,(H,24,28)(H,25,29). The lowest BCUT2D eigenvalue weighted by molar-refractivity contribution is -0.136. The van der Waals surface area contributed by atoms with E-state index in [1.54, 1.807) is 24.3 Å². The lowest BCUT2D eigenvalue weighted by atomic mass is 10.2. The summed E-state index contributed by atoms with van der Waals surface area (Å²) in [7, 11) is 0. The number of anilines is 2. The molecule has 160 valence electrons. The molecule has 0 spiro atoms. The number of hydrogen-bond donors (Lipinski definition) is 2. The summed E-state index contributed by atoms with van der Waals surface area (Å²) in [5.41, 5.74) is 1.72. The predicted octanol–water partition coefficient (Wildman–Crippen LogP) is 2.62. The maximum atomic E-state index is 12.0. The largest absolute Gasteiger partial charge is 0.494 e. The van der Waals surface area contributed by atoms with Gasteiger partial charge in [-0.3, -0.25) is 14.5 Å². The molecule has 1 heterocycles. The van der Waals surface area contributed by atoms with Crippen LogP contribution in [0.25, 0.3) is 0 Å². The molecule has 0 radical (unpaired) electrons. The SMILES string of the molecule is CCOc1ccc(NC(=O)C(=O)NCCN2CCN(c3ccc(Cl)cc3)CC2)cc1. The Balaban J connectivity index is 1.35. The minimum atomic E-state index is -0.674. The molecule has 3 rings (SSSR count). The lowest BCUT2D eigenvalue weighted by Gasteiger charge is -2.36. The molecule has 0 bridgehead atoms. The number of carbonyl (C=O) groups excluding carboxylic acids is 2. The van der Waals surface area contributed by atoms with E-state index in [2.05, 4.69) is 20.4 Å². The molecule has 2 aromatic carbocycles. The van der Waals surface area contributed by atoms with Crippen LogP contribution < -0.4 is 20.3 Å². The zero-order valence-electron chi connectivity index (χ0n) is 17.1. The highest BCUT2D eigenvalue weighted by Crippen LogP contribution is 2.19. The van der Waals surface area contributed by atoms with Crippen molar-refractivity contribution in [1.82, 2.24) is 10.2 Å². The molecule has 2 N–H and O–H groups in total. The normalized spacial score (nSPS) is 14.3. The topological polar surface area (TPSA) is 73.9 Å². The first-order valence-corrected chi connectivity index (χ1v) is 10.5. The average molecular weight is 431 g/mol. The fraction of sp³-hybridized carbons (Fsp3) is 0.364. The van der Waals surface area contributed by atoms with Crippen LogP contribution in [0.5, 0.6) is 5.75 Å². The highest BCUT2D eigenvalue weighted by molar-refractivity contribution is 6.39. The van der Waals surface area contributed by atoms with Gasteiger partial charge in [-0.25, -0.2) is 0 Å². The Hall–Kier alpha value is -2.77. The van der Waals surface area contributed by atoms with Gasteiger partial charge < -0.3 is 20.3 Å². The van der Waals surface area contributed by atoms with Crippen molar-refractivity contribution in [2.45, 2.75) is 6.92 Å². The maximum absolute atomic E-state index is 12.0. The fourth-order valence-corrected chi connectivity index (χ4v) is 3.40. The molecule has 1 aliphatic heterocycles. The highest BCUT2D eigenvalue weighted by Gasteiger charge is 2.18. The van der Waals surface area contributed by atoms with Crippen molar-refractivity contribution in [2.75, 3.05) is 56.1 Å². The van der Waals surface area contributed by atoms with Gasteiger partial charge in [0.05, 0.1) is 6.61 Å². The highest BCUT2D eigenvalue weighted by atomic mass is 35.5. The molecule has 8 heteroatoms. The van der Waals surface area contributed by atoms with Gasteiger partial charge in [0, 0.05) is 55.7 Å². The van der Waals surface area contributed by atoms with Crippen LogP contribution in [0.4, 0.5) is 11.4 Å². The monoisotopic (exact) mass is 430 g/mol. The van der Waals surface area contributed by atoms with Gasteiger partial charge in [-0.05, 0) is 55.5 Å². The number of halogens is 1. The van der Waals surface area contributed by atoms with Crippen LogP contribution >= 0.6 is 11.6 Å². The number of rotatable bonds is 7. The molecule has 0 unspecified atom stereocenters. The molecule has 0 atom stereocenters. The van der Waals surface area contributed by atoms with Crippen molar-refractivity contribution in [3.05, 3.63) is 53.6 Å². The van der Waals surface area contributed by atoms with Gasteiger partial charge in [0.25, 0.3) is 0 Å². The Bertz CT molecular complexity index is 834. The predicted molar refractivity (Wildman–Crippen MR) is 119 cm³/mol. The minimum Gasteiger partial charge on any atom is -0.494 e. The van der Waals surface area contributed by atoms with E-state index in [1.165, 1.54) is 5.69 Å². The molecule has 2 amide bonds. The second-order valence-corrected chi connectivity index (χ2v) is 7.41. The summed E-state index contributed by atoms with van der Waals surface area (Å²) in [6.45, 7) is 7.23. The van der Waals surface area contributed by atoms with E-state index in [-0.39, 0.29) is 0 Å². The number of nitrogens with zero attached hydrogens (tertiary/aromatic N) is 2. The molecular formula is C22H27ClN4O3. The van der Waals surface area contributed by atoms with E-state index in [0.717, 1.165) is 37.0 Å². The average Bonchev–Trinajstić information content (AvgIpc) is 2.76. The van der Waals surface area contributed by atoms with Crippen LogP contribution in [0.3, 0.4) is 0 Å². The number of ether oxygens (including phenoxy) is 1. The third kappa shape index (κ3) is 6.37. The second-order valence-electron chi connectivity index (χ2n) is 6.97. The summed E-state index contributed by atoms with van der Waals surface area (Å²) >= 11 is 5.95. The molecule has 1 saturated heterocycles. The van der Waals surface area contributed by atoms with E-state index in [9.17, 15) is 9.59 Å². The molecule has 0 aliphatic carbocycles. The van der Waals surface area contributed by atoms with Crippen molar-refractivity contribution < 1.29 is 14.3 Å². The lowest BCUT2D eigenvalue weighted by Crippen LogP contribution is -2.49. The number of nitrogens with one attached hydrogen (secondary N) is 2. The number of hydrogen-bond acceptors (Lipinski definition) is 5. The first-order chi connectivity index (χ1) is 14.5. The molecule has 2 aromatic rings. The summed E-state index contributed by atoms with van der Waals surface area (Å²) in [6.07, 6.45) is 0. The van der Waals surface area contributed by atoms with Crippen LogP contribution in [-0.2, 0) is 9.59 Å². The van der Waals surface area contributed by atoms with Crippen LogP contribution in [0.1, 0.15) is 6.92 Å². The fourth-order valence-electron chi connectivity index (χ4n) is 3.28. The molecule has 0 aromatic heterocycles. The Morgan fingerprint density at radius 2 is 1.63 bits per heavy atom. The molecule has 1 aliphatic rings. The Morgan fingerprint density at radius 3 is 2.27 bits per heavy atom. The summed E-state index contributed by atoms with van der Waals surface area (Å²) < 4.78 is 5.36. The van der Waals surface area contributed by atoms with Crippen molar-refractivity contribution >= 4 is 34.8 Å². The smallest absolute Gasteiger partial charge is 0.313 e. The molecule has 0 saturated carbocycles. The second kappa shape index (κ2) is 10.8. The first-order valence-electron chi connectivity index (χ1n) is 10.1. The van der Waals surface area contributed by atoms with E-state index >= 15 is 0 Å². The van der Waals surface area contributed by atoms with Crippen LogP contribution in [0.15, 0.2) is 48.5 Å². The van der Waals surface area contributed by atoms with Gasteiger partial charge in [0.2, 0.25) is 0 Å². The van der Waals surface area contributed by atoms with Crippen molar-refractivity contribution in [3.63, 3.8) is 0 Å². The first kappa shape index (κ1) is 21.9. The number of amides is 2. The summed E-state index contributed by atoms with van der Waals surface area (Å²) in [6, 6.07) is 14.8. The number of carbonyl (C=O) groups is 2. The van der Waals surface area contributed by atoms with Crippen molar-refractivity contribution in [3.8, 4) is 5.75 Å². The molecule has 7 nitrogen and oxygen atoms in total. The van der Waals surface area contributed by atoms with E-state index < -0.39 is 11.8 Å². The van der Waals surface area contributed by atoms with E-state index in [4.69, 9.17) is 16.3 Å². The summed E-state index contributed by atoms with van der Waals surface area (Å²) in [4.78, 5) is 28.7. The van der Waals surface area contributed by atoms with Crippen LogP contribution in [0, 0.1) is 0 Å². The Kier molecular flexibility index (Phi) is 7.93. The van der Waals surface area contributed by atoms with Crippen LogP contribution in [-0.4, -0.2) is 62.6 Å². The van der Waals surface area contributed by atoms with Crippen molar-refractivity contribution in [2.24, 2.45) is 0 Å². The zero-order chi connectivity index (χ0) is 21.3. The quantitative estimate of drug-likeness (QED) is 0.660. The zero-order valence-corrected chi connectivity index (χ0v) is 17.8. The molecule has 1 fully saturated rings. The number of piperazine rings is 1. The third-order valence-electron chi connectivity index (χ3n) is 4.91. The van der Waals surface area contributed by atoms with Gasteiger partial charge in [-0.15, -0.1) is 0 Å². The van der Waals surface area contributed by atoms with Gasteiger partial charge in [-0.2, -0.15) is 0 Å². The molecular weight excluding hydrogens is 404 g/mol. The van der Waals surface area contributed by atoms with E-state index in [1.807, 2.05) is 31.2 Å². The Morgan fingerprint density at radius 1 is 0.967 bits per heavy atom. The maximum Gasteiger partial charge on any atom is 0.313 e. The summed E-state index contributed by atoms with van der Waals surface area (Å²) in [5.74, 6) is -0.591. The van der Waals surface area contributed by atoms with Gasteiger partial charge >= 0.3 is 11.8 Å². The van der Waals surface area contributed by atoms with Gasteiger partial charge in [0.1, 0.15) is 5.75 Å².